The van der Waals surface area contributed by atoms with Crippen LogP contribution < -0.4 is 9.80 Å². The normalized spacial score (nSPS) is 18.0. The second kappa shape index (κ2) is 8.53. The second-order valence-electron chi connectivity index (χ2n) is 6.93. The molecule has 1 unspecified atom stereocenters. The third-order valence-corrected chi connectivity index (χ3v) is 7.14. The zero-order valence-corrected chi connectivity index (χ0v) is 17.7. The highest BCUT2D eigenvalue weighted by molar-refractivity contribution is 7.91. The lowest BCUT2D eigenvalue weighted by Gasteiger charge is -2.29. The molecule has 0 N–H and O–H groups in total. The Morgan fingerprint density at radius 2 is 1.57 bits per heavy atom. The number of nitrogens with zero attached hydrogens (tertiary/aromatic N) is 2. The minimum atomic E-state index is -3.12. The molecule has 1 saturated heterocycles. The van der Waals surface area contributed by atoms with E-state index in [0.29, 0.717) is 22.7 Å². The molecule has 0 spiro atoms. The maximum Gasteiger partial charge on any atom is 0.258 e. The summed E-state index contributed by atoms with van der Waals surface area (Å²) in [4.78, 5) is 17.1. The zero-order chi connectivity index (χ0) is 20.3. The van der Waals surface area contributed by atoms with Crippen LogP contribution in [0.25, 0.3) is 0 Å². The molecule has 28 heavy (non-hydrogen) atoms. The monoisotopic (exact) mass is 420 g/mol. The summed E-state index contributed by atoms with van der Waals surface area (Å²) in [5.74, 6) is -0.113. The van der Waals surface area contributed by atoms with Gasteiger partial charge in [-0.2, -0.15) is 0 Å². The smallest absolute Gasteiger partial charge is 0.258 e. The first kappa shape index (κ1) is 20.7. The molecule has 5 nitrogen and oxygen atoms in total. The molecular weight excluding hydrogens is 396 g/mol. The molecule has 1 aliphatic heterocycles. The van der Waals surface area contributed by atoms with Gasteiger partial charge in [-0.3, -0.25) is 4.79 Å². The van der Waals surface area contributed by atoms with E-state index in [-0.39, 0.29) is 23.5 Å². The number of amides is 1. The van der Waals surface area contributed by atoms with Crippen molar-refractivity contribution >= 4 is 38.7 Å². The fourth-order valence-corrected chi connectivity index (χ4v) is 5.44. The molecular formula is C21H25ClN2O3S. The maximum atomic E-state index is 13.3. The summed E-state index contributed by atoms with van der Waals surface area (Å²) in [6.45, 7) is 5.97. The van der Waals surface area contributed by atoms with Gasteiger partial charge in [0.1, 0.15) is 0 Å². The predicted octanol–water partition coefficient (Wildman–Crippen LogP) is 4.02. The molecule has 2 aromatic carbocycles. The summed E-state index contributed by atoms with van der Waals surface area (Å²) in [5, 5.41) is 0.551. The van der Waals surface area contributed by atoms with Crippen LogP contribution in [0.2, 0.25) is 5.02 Å². The maximum absolute atomic E-state index is 13.3. The van der Waals surface area contributed by atoms with Crippen LogP contribution in [0, 0.1) is 0 Å². The van der Waals surface area contributed by atoms with Gasteiger partial charge in [-0.1, -0.05) is 11.6 Å². The summed E-state index contributed by atoms with van der Waals surface area (Å²) in [6.07, 6.45) is 0.444. The van der Waals surface area contributed by atoms with Crippen LogP contribution in [0.5, 0.6) is 0 Å². The Bertz CT molecular complexity index is 923. The molecule has 0 radical (unpaired) electrons. The zero-order valence-electron chi connectivity index (χ0n) is 16.1. The van der Waals surface area contributed by atoms with E-state index >= 15 is 0 Å². The number of sulfone groups is 1. The van der Waals surface area contributed by atoms with E-state index in [4.69, 9.17) is 11.6 Å². The number of hydrogen-bond acceptors (Lipinski definition) is 4. The highest BCUT2D eigenvalue weighted by Gasteiger charge is 2.36. The topological polar surface area (TPSA) is 57.7 Å². The van der Waals surface area contributed by atoms with Crippen molar-refractivity contribution < 1.29 is 13.2 Å². The van der Waals surface area contributed by atoms with Crippen molar-refractivity contribution in [3.63, 3.8) is 0 Å². The van der Waals surface area contributed by atoms with Crippen LogP contribution in [0.1, 0.15) is 30.6 Å². The molecule has 0 aliphatic carbocycles. The van der Waals surface area contributed by atoms with Gasteiger partial charge in [-0.05, 0) is 68.8 Å². The van der Waals surface area contributed by atoms with Crippen LogP contribution in [0.4, 0.5) is 11.4 Å². The number of benzene rings is 2. The largest absolute Gasteiger partial charge is 0.372 e. The van der Waals surface area contributed by atoms with E-state index < -0.39 is 9.84 Å². The Morgan fingerprint density at radius 1 is 1.00 bits per heavy atom. The second-order valence-corrected chi connectivity index (χ2v) is 9.59. The summed E-state index contributed by atoms with van der Waals surface area (Å²) in [6, 6.07) is 14.1. The van der Waals surface area contributed by atoms with Gasteiger partial charge < -0.3 is 9.80 Å². The first-order chi connectivity index (χ1) is 13.3. The van der Waals surface area contributed by atoms with Gasteiger partial charge in [0, 0.05) is 35.1 Å². The van der Waals surface area contributed by atoms with Crippen molar-refractivity contribution in [2.75, 3.05) is 34.4 Å². The lowest BCUT2D eigenvalue weighted by atomic mass is 10.1. The third-order valence-electron chi connectivity index (χ3n) is 5.14. The molecule has 1 atom stereocenters. The van der Waals surface area contributed by atoms with Crippen molar-refractivity contribution in [3.8, 4) is 0 Å². The molecule has 150 valence electrons. The van der Waals surface area contributed by atoms with Crippen molar-refractivity contribution in [3.05, 3.63) is 59.1 Å². The summed E-state index contributed by atoms with van der Waals surface area (Å²) in [5.41, 5.74) is 2.27. The van der Waals surface area contributed by atoms with Crippen LogP contribution in [0.15, 0.2) is 48.5 Å². The van der Waals surface area contributed by atoms with E-state index in [2.05, 4.69) is 18.7 Å². The summed E-state index contributed by atoms with van der Waals surface area (Å²) >= 11 is 5.94. The molecule has 2 aromatic rings. The number of rotatable bonds is 6. The average molecular weight is 421 g/mol. The summed E-state index contributed by atoms with van der Waals surface area (Å²) < 4.78 is 24.1. The van der Waals surface area contributed by atoms with Crippen LogP contribution >= 0.6 is 11.6 Å². The number of carbonyl (C=O) groups is 1. The third kappa shape index (κ3) is 4.50. The number of carbonyl (C=O) groups excluding carboxylic acids is 1. The quantitative estimate of drug-likeness (QED) is 0.708. The molecule has 1 amide bonds. The van der Waals surface area contributed by atoms with Crippen LogP contribution in [-0.4, -0.2) is 45.0 Å². The summed E-state index contributed by atoms with van der Waals surface area (Å²) in [7, 11) is -3.12. The first-order valence-electron chi connectivity index (χ1n) is 9.49. The highest BCUT2D eigenvalue weighted by Crippen LogP contribution is 2.29. The van der Waals surface area contributed by atoms with Crippen molar-refractivity contribution in [1.29, 1.82) is 0 Å². The minimum absolute atomic E-state index is 0.00980. The Labute approximate surface area is 171 Å². The molecule has 0 aromatic heterocycles. The van der Waals surface area contributed by atoms with Gasteiger partial charge in [0.25, 0.3) is 5.91 Å². The first-order valence-corrected chi connectivity index (χ1v) is 11.7. The highest BCUT2D eigenvalue weighted by atomic mass is 35.5. The molecule has 0 bridgehead atoms. The fraction of sp³-hybridized carbons (Fsp3) is 0.381. The fourth-order valence-electron chi connectivity index (χ4n) is 3.62. The van der Waals surface area contributed by atoms with Crippen molar-refractivity contribution in [2.24, 2.45) is 0 Å². The lowest BCUT2D eigenvalue weighted by molar-refractivity contribution is 0.0979. The van der Waals surface area contributed by atoms with E-state index in [1.54, 1.807) is 29.2 Å². The minimum Gasteiger partial charge on any atom is -0.372 e. The average Bonchev–Trinajstić information content (AvgIpc) is 3.04. The molecule has 7 heteroatoms. The molecule has 1 aliphatic rings. The van der Waals surface area contributed by atoms with Crippen LogP contribution in [-0.2, 0) is 9.84 Å². The van der Waals surface area contributed by atoms with E-state index in [0.717, 1.165) is 18.8 Å². The number of anilines is 2. The van der Waals surface area contributed by atoms with E-state index in [1.165, 1.54) is 0 Å². The van der Waals surface area contributed by atoms with Gasteiger partial charge in [-0.15, -0.1) is 0 Å². The standard InChI is InChI=1S/C21H25ClN2O3S/c1-3-23(4-2)18-9-11-19(12-10-18)24(20-13-14-28(26,27)15-20)21(25)16-5-7-17(22)8-6-16/h5-12,20H,3-4,13-15H2,1-2H3. The van der Waals surface area contributed by atoms with Gasteiger partial charge in [0.05, 0.1) is 17.5 Å². The number of hydrogen-bond donors (Lipinski definition) is 0. The lowest BCUT2D eigenvalue weighted by Crippen LogP contribution is -2.41. The number of halogens is 1. The molecule has 1 heterocycles. The van der Waals surface area contributed by atoms with Gasteiger partial charge in [-0.25, -0.2) is 8.42 Å². The van der Waals surface area contributed by atoms with Crippen LogP contribution in [0.3, 0.4) is 0 Å². The van der Waals surface area contributed by atoms with Gasteiger partial charge in [0.2, 0.25) is 0 Å². The molecule has 0 saturated carbocycles. The van der Waals surface area contributed by atoms with Gasteiger partial charge in [0.15, 0.2) is 9.84 Å². The Morgan fingerprint density at radius 3 is 2.07 bits per heavy atom. The van der Waals surface area contributed by atoms with E-state index in [9.17, 15) is 13.2 Å². The Kier molecular flexibility index (Phi) is 6.30. The Hall–Kier alpha value is -2.05. The molecule has 3 rings (SSSR count). The van der Waals surface area contributed by atoms with Crippen molar-refractivity contribution in [1.82, 2.24) is 0 Å². The van der Waals surface area contributed by atoms with Gasteiger partial charge >= 0.3 is 0 Å². The SMILES string of the molecule is CCN(CC)c1ccc(N(C(=O)c2ccc(Cl)cc2)C2CCS(=O)(=O)C2)cc1. The van der Waals surface area contributed by atoms with Crippen molar-refractivity contribution in [2.45, 2.75) is 26.3 Å². The molecule has 1 fully saturated rings. The Balaban J connectivity index is 1.96. The van der Waals surface area contributed by atoms with E-state index in [1.807, 2.05) is 24.3 Å². The predicted molar refractivity (Wildman–Crippen MR) is 115 cm³/mol.